The van der Waals surface area contributed by atoms with E-state index in [1.165, 1.54) is 205 Å². The van der Waals surface area contributed by atoms with Gasteiger partial charge in [-0.1, -0.05) is 218 Å². The van der Waals surface area contributed by atoms with Crippen molar-refractivity contribution in [2.45, 2.75) is 284 Å². The van der Waals surface area contributed by atoms with E-state index in [0.29, 0.717) is 19.4 Å². The summed E-state index contributed by atoms with van der Waals surface area (Å²) >= 11 is 0. The number of carbonyl (C=O) groups is 2. The minimum Gasteiger partial charge on any atom is -0.462 e. The van der Waals surface area contributed by atoms with Gasteiger partial charge in [-0.15, -0.1) is 0 Å². The van der Waals surface area contributed by atoms with E-state index in [9.17, 15) is 9.59 Å². The van der Waals surface area contributed by atoms with E-state index in [2.05, 4.69) is 45.1 Å². The Kier molecular flexibility index (Phi) is 48.4. The van der Waals surface area contributed by atoms with Gasteiger partial charge in [0.05, 0.1) is 6.61 Å². The highest BCUT2D eigenvalue weighted by Crippen LogP contribution is 2.15. The normalized spacial score (nSPS) is 12.3. The summed E-state index contributed by atoms with van der Waals surface area (Å²) in [6, 6.07) is 0. The summed E-state index contributed by atoms with van der Waals surface area (Å²) < 4.78 is 17.3. The van der Waals surface area contributed by atoms with Crippen molar-refractivity contribution in [1.29, 1.82) is 0 Å². The highest BCUT2D eigenvalue weighted by molar-refractivity contribution is 5.70. The van der Waals surface area contributed by atoms with Crippen LogP contribution in [0, 0.1) is 0 Å². The Balaban J connectivity index is 4.04. The number of hydrogen-bond acceptors (Lipinski definition) is 5. The fourth-order valence-electron chi connectivity index (χ4n) is 7.56. The van der Waals surface area contributed by atoms with Crippen LogP contribution < -0.4 is 0 Å². The van der Waals surface area contributed by atoms with Gasteiger partial charge < -0.3 is 14.2 Å². The van der Waals surface area contributed by atoms with Crippen LogP contribution >= 0.6 is 0 Å². The van der Waals surface area contributed by atoms with Crippen molar-refractivity contribution in [3.8, 4) is 0 Å². The van der Waals surface area contributed by atoms with Crippen LogP contribution in [-0.4, -0.2) is 37.9 Å². The predicted octanol–water partition coefficient (Wildman–Crippen LogP) is 17.2. The zero-order chi connectivity index (χ0) is 42.1. The Bertz CT molecular complexity index is 882. The lowest BCUT2D eigenvalue weighted by Crippen LogP contribution is -2.30. The molecule has 0 N–H and O–H groups in total. The molecule has 0 aliphatic heterocycles. The molecule has 5 nitrogen and oxygen atoms in total. The van der Waals surface area contributed by atoms with E-state index in [1.807, 2.05) is 0 Å². The van der Waals surface area contributed by atoms with Crippen molar-refractivity contribution in [3.63, 3.8) is 0 Å². The molecule has 0 amide bonds. The lowest BCUT2D eigenvalue weighted by atomic mass is 10.1. The number of unbranched alkanes of at least 4 members (excludes halogenated alkanes) is 33. The van der Waals surface area contributed by atoms with Crippen LogP contribution in [0.25, 0.3) is 0 Å². The van der Waals surface area contributed by atoms with Gasteiger partial charge in [-0.2, -0.15) is 0 Å². The number of ether oxygens (including phenoxy) is 3. The van der Waals surface area contributed by atoms with Crippen molar-refractivity contribution >= 4 is 11.9 Å². The Hall–Kier alpha value is -1.62. The van der Waals surface area contributed by atoms with E-state index in [1.54, 1.807) is 0 Å². The summed E-state index contributed by atoms with van der Waals surface area (Å²) in [5.74, 6) is -0.394. The number of esters is 2. The molecule has 0 aliphatic carbocycles. The molecule has 58 heavy (non-hydrogen) atoms. The minimum atomic E-state index is -0.530. The van der Waals surface area contributed by atoms with Gasteiger partial charge in [-0.05, 0) is 70.6 Å². The van der Waals surface area contributed by atoms with Crippen LogP contribution in [0.3, 0.4) is 0 Å². The summed E-state index contributed by atoms with van der Waals surface area (Å²) in [6.07, 6.45) is 57.7. The van der Waals surface area contributed by atoms with E-state index in [4.69, 9.17) is 14.2 Å². The molecule has 0 aromatic heterocycles. The number of carbonyl (C=O) groups excluding carboxylic acids is 2. The van der Waals surface area contributed by atoms with E-state index in [0.717, 1.165) is 38.5 Å². The third-order valence-electron chi connectivity index (χ3n) is 11.5. The van der Waals surface area contributed by atoms with Crippen LogP contribution in [-0.2, 0) is 23.8 Å². The van der Waals surface area contributed by atoms with E-state index < -0.39 is 6.10 Å². The zero-order valence-electron chi connectivity index (χ0n) is 39.3. The Morgan fingerprint density at radius 1 is 0.362 bits per heavy atom. The first-order chi connectivity index (χ1) is 28.6. The van der Waals surface area contributed by atoms with Gasteiger partial charge in [0.2, 0.25) is 0 Å². The van der Waals surface area contributed by atoms with E-state index >= 15 is 0 Å². The van der Waals surface area contributed by atoms with Crippen molar-refractivity contribution < 1.29 is 23.8 Å². The SMILES string of the molecule is CCCCCCCC/C=C\CCCCCCCCCCCC(=O)OCC(COCCCCCCCC)OC(=O)CCCCCCCCC/C=C\CCCCCCCC. The number of allylic oxidation sites excluding steroid dienone is 4. The highest BCUT2D eigenvalue weighted by Gasteiger charge is 2.17. The van der Waals surface area contributed by atoms with Gasteiger partial charge in [0.25, 0.3) is 0 Å². The molecule has 0 aromatic carbocycles. The van der Waals surface area contributed by atoms with Crippen LogP contribution in [0.4, 0.5) is 0 Å². The average molecular weight is 817 g/mol. The highest BCUT2D eigenvalue weighted by atomic mass is 16.6. The molecule has 0 saturated heterocycles. The maximum Gasteiger partial charge on any atom is 0.306 e. The first-order valence-corrected chi connectivity index (χ1v) is 25.9. The van der Waals surface area contributed by atoms with Crippen molar-refractivity contribution in [3.05, 3.63) is 24.3 Å². The van der Waals surface area contributed by atoms with Crippen LogP contribution in [0.5, 0.6) is 0 Å². The first kappa shape index (κ1) is 56.4. The summed E-state index contributed by atoms with van der Waals surface area (Å²) in [4.78, 5) is 25.3. The fourth-order valence-corrected chi connectivity index (χ4v) is 7.56. The molecular formula is C53H100O5. The van der Waals surface area contributed by atoms with Gasteiger partial charge in [0.1, 0.15) is 6.61 Å². The second-order valence-corrected chi connectivity index (χ2v) is 17.4. The molecule has 342 valence electrons. The molecule has 0 saturated carbocycles. The minimum absolute atomic E-state index is 0.0875. The van der Waals surface area contributed by atoms with Gasteiger partial charge in [-0.3, -0.25) is 9.59 Å². The quantitative estimate of drug-likeness (QED) is 0.0348. The molecule has 0 fully saturated rings. The Morgan fingerprint density at radius 3 is 1.05 bits per heavy atom. The Labute approximate surface area is 362 Å². The van der Waals surface area contributed by atoms with Crippen molar-refractivity contribution in [1.82, 2.24) is 0 Å². The van der Waals surface area contributed by atoms with Crippen LogP contribution in [0.15, 0.2) is 24.3 Å². The molecule has 0 radical (unpaired) electrons. The lowest BCUT2D eigenvalue weighted by molar-refractivity contribution is -0.163. The molecule has 1 unspecified atom stereocenters. The average Bonchev–Trinajstić information content (AvgIpc) is 3.22. The van der Waals surface area contributed by atoms with E-state index in [-0.39, 0.29) is 25.2 Å². The number of rotatable bonds is 48. The molecule has 0 bridgehead atoms. The summed E-state index contributed by atoms with van der Waals surface area (Å²) in [7, 11) is 0. The summed E-state index contributed by atoms with van der Waals surface area (Å²) in [6.45, 7) is 7.82. The topological polar surface area (TPSA) is 61.8 Å². The molecule has 0 rings (SSSR count). The van der Waals surface area contributed by atoms with Gasteiger partial charge in [0.15, 0.2) is 6.10 Å². The molecule has 0 aromatic rings. The third kappa shape index (κ3) is 47.1. The summed E-state index contributed by atoms with van der Waals surface area (Å²) in [5.41, 5.74) is 0. The largest absolute Gasteiger partial charge is 0.462 e. The summed E-state index contributed by atoms with van der Waals surface area (Å²) in [5, 5.41) is 0. The first-order valence-electron chi connectivity index (χ1n) is 25.9. The zero-order valence-corrected chi connectivity index (χ0v) is 39.3. The fraction of sp³-hybridized carbons (Fsp3) is 0.887. The van der Waals surface area contributed by atoms with Gasteiger partial charge in [0, 0.05) is 19.4 Å². The Morgan fingerprint density at radius 2 is 0.672 bits per heavy atom. The molecule has 5 heteroatoms. The smallest absolute Gasteiger partial charge is 0.306 e. The molecule has 0 aliphatic rings. The third-order valence-corrected chi connectivity index (χ3v) is 11.5. The van der Waals surface area contributed by atoms with Crippen LogP contribution in [0.1, 0.15) is 278 Å². The molecule has 1 atom stereocenters. The van der Waals surface area contributed by atoms with Gasteiger partial charge in [-0.25, -0.2) is 0 Å². The van der Waals surface area contributed by atoms with Crippen molar-refractivity contribution in [2.24, 2.45) is 0 Å². The second kappa shape index (κ2) is 49.7. The molecular weight excluding hydrogens is 717 g/mol. The standard InChI is InChI=1S/C53H100O5/c1-4-7-10-13-16-18-20-22-24-26-27-29-30-32-34-36-38-40-43-46-52(54)57-50-51(49-56-48-45-42-15-12-9-6-3)58-53(55)47-44-41-39-37-35-33-31-28-25-23-21-19-17-14-11-8-5-2/h22-25,51H,4-21,26-50H2,1-3H3/b24-22-,25-23-. The van der Waals surface area contributed by atoms with Gasteiger partial charge >= 0.3 is 11.9 Å². The van der Waals surface area contributed by atoms with Crippen LogP contribution in [0.2, 0.25) is 0 Å². The molecule has 0 spiro atoms. The second-order valence-electron chi connectivity index (χ2n) is 17.4. The van der Waals surface area contributed by atoms with Crippen molar-refractivity contribution in [2.75, 3.05) is 19.8 Å². The number of hydrogen-bond donors (Lipinski definition) is 0. The monoisotopic (exact) mass is 817 g/mol. The lowest BCUT2D eigenvalue weighted by Gasteiger charge is -2.18. The maximum absolute atomic E-state index is 12.7. The maximum atomic E-state index is 12.7. The predicted molar refractivity (Wildman–Crippen MR) is 252 cm³/mol. The molecule has 0 heterocycles.